The van der Waals surface area contributed by atoms with Crippen LogP contribution < -0.4 is 11.1 Å². The van der Waals surface area contributed by atoms with Crippen molar-refractivity contribution in [2.45, 2.75) is 65.3 Å². The largest absolute Gasteiger partial charge is 0.481 e. The van der Waals surface area contributed by atoms with E-state index in [1.54, 1.807) is 7.11 Å². The van der Waals surface area contributed by atoms with Crippen LogP contribution in [0.3, 0.4) is 0 Å². The van der Waals surface area contributed by atoms with Gasteiger partial charge in [0, 0.05) is 36.3 Å². The van der Waals surface area contributed by atoms with E-state index in [0.29, 0.717) is 11.8 Å². The maximum Gasteiger partial charge on any atom is 0.217 e. The molecule has 1 unspecified atom stereocenters. The van der Waals surface area contributed by atoms with Gasteiger partial charge in [-0.25, -0.2) is 4.99 Å². The van der Waals surface area contributed by atoms with Gasteiger partial charge in [0.05, 0.1) is 18.8 Å². The molecule has 1 saturated carbocycles. The van der Waals surface area contributed by atoms with Gasteiger partial charge in [0.15, 0.2) is 0 Å². The summed E-state index contributed by atoms with van der Waals surface area (Å²) in [6.07, 6.45) is 15.1. The molecule has 5 heteroatoms. The van der Waals surface area contributed by atoms with Gasteiger partial charge in [-0.2, -0.15) is 0 Å². The zero-order valence-corrected chi connectivity index (χ0v) is 27.0. The van der Waals surface area contributed by atoms with Crippen LogP contribution in [0.25, 0.3) is 11.1 Å². The lowest BCUT2D eigenvalue weighted by Crippen LogP contribution is -2.29. The number of hydrogen-bond donors (Lipinski definition) is 2. The molecule has 0 saturated heterocycles. The monoisotopic (exact) mass is 588 g/mol. The third-order valence-corrected chi connectivity index (χ3v) is 9.14. The van der Waals surface area contributed by atoms with E-state index < -0.39 is 0 Å². The highest BCUT2D eigenvalue weighted by molar-refractivity contribution is 5.94. The second-order valence-electron chi connectivity index (χ2n) is 12.2. The number of nitrogens with zero attached hydrogens (tertiary/aromatic N) is 2. The molecule has 2 aromatic rings. The van der Waals surface area contributed by atoms with E-state index in [4.69, 9.17) is 15.5 Å². The first kappa shape index (κ1) is 31.2. The number of fused-ring (bicyclic) bond motifs is 1. The van der Waals surface area contributed by atoms with Gasteiger partial charge in [0.25, 0.3) is 0 Å². The number of rotatable bonds is 11. The summed E-state index contributed by atoms with van der Waals surface area (Å²) in [7, 11) is 1.62. The zero-order chi connectivity index (χ0) is 31.2. The summed E-state index contributed by atoms with van der Waals surface area (Å²) in [5.74, 6) is 1.24. The average molecular weight is 589 g/mol. The molecule has 44 heavy (non-hydrogen) atoms. The number of nitrogens with two attached hydrogens (primary N) is 1. The molecular weight excluding hydrogens is 540 g/mol. The van der Waals surface area contributed by atoms with Crippen molar-refractivity contribution in [3.63, 3.8) is 0 Å². The Kier molecular flexibility index (Phi) is 9.94. The van der Waals surface area contributed by atoms with Crippen molar-refractivity contribution in [2.75, 3.05) is 20.2 Å². The molecule has 3 N–H and O–H groups in total. The minimum absolute atomic E-state index is 0.240. The van der Waals surface area contributed by atoms with Gasteiger partial charge >= 0.3 is 0 Å². The SMILES string of the molecule is C=C(CC)/C(=C\C=C(/C)NC1CCc2cccc(-c3cccc(N=C(OC)C(C)=CN)c3)c21)C1=CCN(C(=C)C2CC2)CC1. The lowest BCUT2D eigenvalue weighted by atomic mass is 9.92. The van der Waals surface area contributed by atoms with Gasteiger partial charge in [0.1, 0.15) is 0 Å². The molecule has 2 aromatic carbocycles. The zero-order valence-electron chi connectivity index (χ0n) is 27.0. The van der Waals surface area contributed by atoms with Crippen LogP contribution in [0.4, 0.5) is 5.69 Å². The number of benzene rings is 2. The van der Waals surface area contributed by atoms with Crippen LogP contribution in [0.1, 0.15) is 70.0 Å². The van der Waals surface area contributed by atoms with Crippen molar-refractivity contribution < 1.29 is 4.74 Å². The Morgan fingerprint density at radius 1 is 1.09 bits per heavy atom. The van der Waals surface area contributed by atoms with Crippen LogP contribution >= 0.6 is 0 Å². The second-order valence-corrected chi connectivity index (χ2v) is 12.2. The van der Waals surface area contributed by atoms with E-state index in [1.807, 2.05) is 13.0 Å². The average Bonchev–Trinajstić information content (AvgIpc) is 3.83. The Labute approximate surface area is 264 Å². The summed E-state index contributed by atoms with van der Waals surface area (Å²) in [6, 6.07) is 15.2. The predicted octanol–water partition coefficient (Wildman–Crippen LogP) is 8.82. The molecule has 3 aliphatic rings. The highest BCUT2D eigenvalue weighted by Gasteiger charge is 2.29. The Bertz CT molecular complexity index is 1570. The maximum atomic E-state index is 5.71. The predicted molar refractivity (Wildman–Crippen MR) is 186 cm³/mol. The topological polar surface area (TPSA) is 62.9 Å². The minimum atomic E-state index is 0.240. The Balaban J connectivity index is 1.36. The Hall–Kier alpha value is -4.25. The van der Waals surface area contributed by atoms with Gasteiger partial charge < -0.3 is 20.7 Å². The van der Waals surface area contributed by atoms with E-state index in [2.05, 4.69) is 91.8 Å². The van der Waals surface area contributed by atoms with E-state index in [0.717, 1.165) is 61.3 Å². The number of nitrogens with one attached hydrogen (secondary N) is 1. The van der Waals surface area contributed by atoms with Crippen molar-refractivity contribution in [1.82, 2.24) is 10.2 Å². The van der Waals surface area contributed by atoms with Gasteiger partial charge in [-0.05, 0) is 115 Å². The molecule has 5 nitrogen and oxygen atoms in total. The molecule has 0 aromatic heterocycles. The molecule has 0 radical (unpaired) electrons. The first-order valence-corrected chi connectivity index (χ1v) is 16.0. The van der Waals surface area contributed by atoms with E-state index in [9.17, 15) is 0 Å². The normalized spacial score (nSPS) is 19.4. The first-order chi connectivity index (χ1) is 21.3. The van der Waals surface area contributed by atoms with Crippen LogP contribution in [0.15, 0.2) is 119 Å². The fourth-order valence-electron chi connectivity index (χ4n) is 6.33. The molecule has 1 aliphatic heterocycles. The van der Waals surface area contributed by atoms with Crippen LogP contribution in [0.5, 0.6) is 0 Å². The minimum Gasteiger partial charge on any atom is -0.481 e. The summed E-state index contributed by atoms with van der Waals surface area (Å²) in [6.45, 7) is 17.0. The van der Waals surface area contributed by atoms with Gasteiger partial charge in [-0.1, -0.05) is 62.6 Å². The fourth-order valence-corrected chi connectivity index (χ4v) is 6.33. The Morgan fingerprint density at radius 3 is 2.57 bits per heavy atom. The molecule has 0 bridgehead atoms. The smallest absolute Gasteiger partial charge is 0.217 e. The van der Waals surface area contributed by atoms with Crippen LogP contribution in [0, 0.1) is 5.92 Å². The lowest BCUT2D eigenvalue weighted by molar-refractivity contribution is 0.352. The summed E-state index contributed by atoms with van der Waals surface area (Å²) in [5.41, 5.74) is 18.9. The van der Waals surface area contributed by atoms with E-state index in [1.165, 1.54) is 58.1 Å². The summed E-state index contributed by atoms with van der Waals surface area (Å²) in [5, 5.41) is 3.86. The van der Waals surface area contributed by atoms with Gasteiger partial charge in [-0.15, -0.1) is 0 Å². The van der Waals surface area contributed by atoms with Crippen molar-refractivity contribution in [1.29, 1.82) is 0 Å². The number of hydrogen-bond acceptors (Lipinski definition) is 5. The van der Waals surface area contributed by atoms with Crippen molar-refractivity contribution in [3.8, 4) is 11.1 Å². The molecule has 230 valence electrons. The Morgan fingerprint density at radius 2 is 1.89 bits per heavy atom. The number of allylic oxidation sites excluding steroid dienone is 6. The molecule has 0 amide bonds. The molecule has 5 rings (SSSR count). The number of aryl methyl sites for hydroxylation is 1. The molecule has 1 fully saturated rings. The number of ether oxygens (including phenoxy) is 1. The highest BCUT2D eigenvalue weighted by atomic mass is 16.5. The second kappa shape index (κ2) is 14.0. The van der Waals surface area contributed by atoms with Gasteiger partial charge in [0.2, 0.25) is 5.90 Å². The standard InChI is InChI=1S/C39H48N4O/c1-7-26(2)35(31-20-22-43(23-21-31)29(5)30-15-16-30)18-14-28(4)41-37-19-17-32-10-9-13-36(38(32)37)33-11-8-12-34(24-33)42-39(44-6)27(3)25-40/h8-14,18,20,24-25,30,37,41H,2,5,7,15-17,19,21-23,40H2,1,3-4,6H3/b27-25?,28-14+,35-18+,42-39?. The maximum absolute atomic E-state index is 5.71. The summed E-state index contributed by atoms with van der Waals surface area (Å²) in [4.78, 5) is 7.18. The molecule has 0 spiro atoms. The van der Waals surface area contributed by atoms with E-state index >= 15 is 0 Å². The lowest BCUT2D eigenvalue weighted by Gasteiger charge is -2.31. The summed E-state index contributed by atoms with van der Waals surface area (Å²) < 4.78 is 5.48. The molecular formula is C39H48N4O. The van der Waals surface area contributed by atoms with Gasteiger partial charge in [-0.3, -0.25) is 0 Å². The van der Waals surface area contributed by atoms with Crippen LogP contribution in [0.2, 0.25) is 0 Å². The van der Waals surface area contributed by atoms with Crippen LogP contribution in [-0.2, 0) is 11.2 Å². The van der Waals surface area contributed by atoms with Crippen LogP contribution in [-0.4, -0.2) is 31.0 Å². The number of methoxy groups -OCH3 is 1. The van der Waals surface area contributed by atoms with E-state index in [-0.39, 0.29) is 6.04 Å². The molecule has 2 aliphatic carbocycles. The first-order valence-electron chi connectivity index (χ1n) is 16.0. The summed E-state index contributed by atoms with van der Waals surface area (Å²) >= 11 is 0. The number of aliphatic imine (C=N–C) groups is 1. The molecule has 1 heterocycles. The highest BCUT2D eigenvalue weighted by Crippen LogP contribution is 2.41. The fraction of sp³-hybridized carbons (Fsp3) is 0.359. The molecule has 1 atom stereocenters. The van der Waals surface area contributed by atoms with Crippen molar-refractivity contribution >= 4 is 11.6 Å². The van der Waals surface area contributed by atoms with Crippen molar-refractivity contribution in [2.24, 2.45) is 16.6 Å². The van der Waals surface area contributed by atoms with Crippen molar-refractivity contribution in [3.05, 3.63) is 125 Å². The third kappa shape index (κ3) is 7.10. The third-order valence-electron chi connectivity index (χ3n) is 9.14. The quantitative estimate of drug-likeness (QED) is 0.156.